The minimum absolute atomic E-state index is 0.0393. The topological polar surface area (TPSA) is 123 Å². The van der Waals surface area contributed by atoms with Gasteiger partial charge in [0.1, 0.15) is 12.4 Å². The van der Waals surface area contributed by atoms with Gasteiger partial charge in [-0.25, -0.2) is 4.98 Å². The molecule has 170 valence electrons. The van der Waals surface area contributed by atoms with E-state index in [4.69, 9.17) is 4.42 Å². The molecule has 1 aromatic carbocycles. The second-order valence-corrected chi connectivity index (χ2v) is 9.04. The average Bonchev–Trinajstić information content (AvgIpc) is 3.24. The van der Waals surface area contributed by atoms with Crippen LogP contribution in [0.5, 0.6) is 0 Å². The first-order chi connectivity index (χ1) is 15.1. The summed E-state index contributed by atoms with van der Waals surface area (Å²) >= 11 is 0. The van der Waals surface area contributed by atoms with Crippen molar-refractivity contribution in [3.8, 4) is 11.4 Å². The molecule has 9 heteroatoms. The summed E-state index contributed by atoms with van der Waals surface area (Å²) in [5.41, 5.74) is 0.0121. The molecule has 1 amide bonds. The highest BCUT2D eigenvalue weighted by molar-refractivity contribution is 5.77. The highest BCUT2D eigenvalue weighted by Gasteiger charge is 2.32. The molecule has 1 unspecified atom stereocenters. The van der Waals surface area contributed by atoms with Crippen LogP contribution in [-0.2, 0) is 16.8 Å². The first-order valence-electron chi connectivity index (χ1n) is 10.5. The lowest BCUT2D eigenvalue weighted by Gasteiger charge is -2.26. The van der Waals surface area contributed by atoms with Crippen LogP contribution in [0.2, 0.25) is 0 Å². The SMILES string of the molecule is CC(C)[C@H](NC(=O)Cn1c(-c2ccccc2)nccc1=O)C(O)c1nnc(C(C)(C)C)o1. The zero-order valence-corrected chi connectivity index (χ0v) is 18.9. The van der Waals surface area contributed by atoms with Gasteiger partial charge in [-0.2, -0.15) is 0 Å². The molecular formula is C23H29N5O4. The zero-order chi connectivity index (χ0) is 23.5. The van der Waals surface area contributed by atoms with E-state index in [-0.39, 0.29) is 29.3 Å². The van der Waals surface area contributed by atoms with Crippen molar-refractivity contribution in [3.05, 3.63) is 64.7 Å². The molecule has 0 bridgehead atoms. The van der Waals surface area contributed by atoms with Crippen molar-refractivity contribution in [2.24, 2.45) is 5.92 Å². The van der Waals surface area contributed by atoms with Gasteiger partial charge < -0.3 is 14.8 Å². The number of hydrogen-bond donors (Lipinski definition) is 2. The van der Waals surface area contributed by atoms with Gasteiger partial charge in [0.05, 0.1) is 6.04 Å². The molecule has 9 nitrogen and oxygen atoms in total. The molecule has 2 aromatic heterocycles. The van der Waals surface area contributed by atoms with Crippen LogP contribution >= 0.6 is 0 Å². The maximum atomic E-state index is 12.9. The molecule has 0 aliphatic carbocycles. The third kappa shape index (κ3) is 5.28. The van der Waals surface area contributed by atoms with E-state index >= 15 is 0 Å². The van der Waals surface area contributed by atoms with Crippen molar-refractivity contribution in [2.45, 2.75) is 58.7 Å². The Balaban J connectivity index is 1.81. The molecule has 2 heterocycles. The van der Waals surface area contributed by atoms with Crippen LogP contribution in [0.1, 0.15) is 52.5 Å². The fourth-order valence-corrected chi connectivity index (χ4v) is 3.20. The Morgan fingerprint density at radius 3 is 2.44 bits per heavy atom. The van der Waals surface area contributed by atoms with Crippen molar-refractivity contribution in [1.82, 2.24) is 25.1 Å². The number of aliphatic hydroxyl groups is 1. The Hall–Kier alpha value is -3.33. The van der Waals surface area contributed by atoms with Gasteiger partial charge in [0.2, 0.25) is 17.7 Å². The van der Waals surface area contributed by atoms with Crippen LogP contribution in [-0.4, -0.2) is 36.8 Å². The number of amides is 1. The summed E-state index contributed by atoms with van der Waals surface area (Å²) in [4.78, 5) is 29.7. The third-order valence-corrected chi connectivity index (χ3v) is 4.99. The van der Waals surface area contributed by atoms with Gasteiger partial charge in [-0.15, -0.1) is 10.2 Å². The van der Waals surface area contributed by atoms with Gasteiger partial charge in [0.15, 0.2) is 6.10 Å². The van der Waals surface area contributed by atoms with Crippen LogP contribution in [0.4, 0.5) is 0 Å². The van der Waals surface area contributed by atoms with Gasteiger partial charge in [0.25, 0.3) is 5.56 Å². The van der Waals surface area contributed by atoms with Gasteiger partial charge in [0, 0.05) is 23.2 Å². The predicted molar refractivity (Wildman–Crippen MR) is 119 cm³/mol. The summed E-state index contributed by atoms with van der Waals surface area (Å²) in [6, 6.07) is 9.78. The fraction of sp³-hybridized carbons (Fsp3) is 0.435. The zero-order valence-electron chi connectivity index (χ0n) is 18.9. The lowest BCUT2D eigenvalue weighted by molar-refractivity contribution is -0.124. The van der Waals surface area contributed by atoms with E-state index in [1.54, 1.807) is 0 Å². The molecular weight excluding hydrogens is 410 g/mol. The van der Waals surface area contributed by atoms with Crippen LogP contribution in [0.15, 0.2) is 51.8 Å². The molecule has 0 aliphatic heterocycles. The number of hydrogen-bond acceptors (Lipinski definition) is 7. The second kappa shape index (κ2) is 9.44. The maximum Gasteiger partial charge on any atom is 0.254 e. The van der Waals surface area contributed by atoms with Gasteiger partial charge in [-0.1, -0.05) is 65.0 Å². The summed E-state index contributed by atoms with van der Waals surface area (Å²) in [6.45, 7) is 9.25. The molecule has 32 heavy (non-hydrogen) atoms. The van der Waals surface area contributed by atoms with Crippen LogP contribution < -0.4 is 10.9 Å². The molecule has 0 spiro atoms. The lowest BCUT2D eigenvalue weighted by atomic mass is 9.97. The van der Waals surface area contributed by atoms with E-state index in [2.05, 4.69) is 20.5 Å². The molecule has 0 radical (unpaired) electrons. The van der Waals surface area contributed by atoms with E-state index in [0.29, 0.717) is 11.7 Å². The van der Waals surface area contributed by atoms with Crippen LogP contribution in [0, 0.1) is 5.92 Å². The minimum Gasteiger partial charge on any atom is -0.422 e. The Morgan fingerprint density at radius 1 is 1.16 bits per heavy atom. The number of rotatable bonds is 7. The average molecular weight is 440 g/mol. The minimum atomic E-state index is -1.19. The van der Waals surface area contributed by atoms with Gasteiger partial charge in [-0.3, -0.25) is 14.2 Å². The first-order valence-corrected chi connectivity index (χ1v) is 10.5. The van der Waals surface area contributed by atoms with E-state index < -0.39 is 18.1 Å². The quantitative estimate of drug-likeness (QED) is 0.580. The third-order valence-electron chi connectivity index (χ3n) is 4.99. The summed E-state index contributed by atoms with van der Waals surface area (Å²) < 4.78 is 6.95. The van der Waals surface area contributed by atoms with Gasteiger partial charge >= 0.3 is 0 Å². The van der Waals surface area contributed by atoms with Gasteiger partial charge in [-0.05, 0) is 5.92 Å². The van der Waals surface area contributed by atoms with E-state index in [0.717, 1.165) is 5.56 Å². The molecule has 0 saturated carbocycles. The summed E-state index contributed by atoms with van der Waals surface area (Å²) in [5.74, 6) is 0.248. The number of aliphatic hydroxyl groups excluding tert-OH is 1. The van der Waals surface area contributed by atoms with Crippen LogP contribution in [0.25, 0.3) is 11.4 Å². The Kier molecular flexibility index (Phi) is 6.88. The molecule has 0 aliphatic rings. The van der Waals surface area contributed by atoms with Crippen molar-refractivity contribution >= 4 is 5.91 Å². The number of carbonyl (C=O) groups is 1. The van der Waals surface area contributed by atoms with Crippen molar-refractivity contribution in [3.63, 3.8) is 0 Å². The van der Waals surface area contributed by atoms with E-state index in [1.165, 1.54) is 16.8 Å². The summed E-state index contributed by atoms with van der Waals surface area (Å²) in [7, 11) is 0. The number of nitrogens with one attached hydrogen (secondary N) is 1. The number of benzene rings is 1. The molecule has 3 aromatic rings. The number of carbonyl (C=O) groups excluding carboxylic acids is 1. The Labute approximate surface area is 186 Å². The molecule has 0 fully saturated rings. The highest BCUT2D eigenvalue weighted by atomic mass is 16.4. The molecule has 3 rings (SSSR count). The van der Waals surface area contributed by atoms with E-state index in [9.17, 15) is 14.7 Å². The largest absolute Gasteiger partial charge is 0.422 e. The molecule has 2 N–H and O–H groups in total. The number of nitrogens with zero attached hydrogens (tertiary/aromatic N) is 4. The lowest BCUT2D eigenvalue weighted by Crippen LogP contribution is -2.45. The van der Waals surface area contributed by atoms with Crippen LogP contribution in [0.3, 0.4) is 0 Å². The highest BCUT2D eigenvalue weighted by Crippen LogP contribution is 2.26. The second-order valence-electron chi connectivity index (χ2n) is 9.04. The Bertz CT molecular complexity index is 1120. The number of aromatic nitrogens is 4. The smallest absolute Gasteiger partial charge is 0.254 e. The fourth-order valence-electron chi connectivity index (χ4n) is 3.20. The predicted octanol–water partition coefficient (Wildman–Crippen LogP) is 2.47. The Morgan fingerprint density at radius 2 is 1.84 bits per heavy atom. The first kappa shape index (κ1) is 23.3. The maximum absolute atomic E-state index is 12.9. The molecule has 2 atom stereocenters. The van der Waals surface area contributed by atoms with Crippen molar-refractivity contribution < 1.29 is 14.3 Å². The van der Waals surface area contributed by atoms with Crippen molar-refractivity contribution in [1.29, 1.82) is 0 Å². The van der Waals surface area contributed by atoms with Crippen molar-refractivity contribution in [2.75, 3.05) is 0 Å². The summed E-state index contributed by atoms with van der Waals surface area (Å²) in [6.07, 6.45) is 0.226. The monoisotopic (exact) mass is 439 g/mol. The standard InChI is InChI=1S/C23H29N5O4/c1-14(2)18(19(31)21-26-27-22(32-21)23(3,4)5)25-16(29)13-28-17(30)11-12-24-20(28)15-9-7-6-8-10-15/h6-12,14,18-19,31H,13H2,1-5H3,(H,25,29)/t18-,19?/m0/s1. The van der Waals surface area contributed by atoms with E-state index in [1.807, 2.05) is 65.0 Å². The normalized spacial score (nSPS) is 13.7. The molecule has 0 saturated heterocycles. The summed E-state index contributed by atoms with van der Waals surface area (Å²) in [5, 5.41) is 21.6.